The highest BCUT2D eigenvalue weighted by Gasteiger charge is 2.23. The minimum atomic E-state index is 0.271. The van der Waals surface area contributed by atoms with Crippen LogP contribution in [0.15, 0.2) is 48.5 Å². The molecule has 1 aliphatic rings. The number of nitrogens with one attached hydrogen (secondary N) is 1. The Bertz CT molecular complexity index is 656. The number of nitrogens with zero attached hydrogens (tertiary/aromatic N) is 1. The first-order chi connectivity index (χ1) is 11.7. The van der Waals surface area contributed by atoms with Crippen molar-refractivity contribution >= 4 is 11.6 Å². The van der Waals surface area contributed by atoms with Gasteiger partial charge in [0.25, 0.3) is 0 Å². The molecule has 128 valence electrons. The number of ether oxygens (including phenoxy) is 1. The fourth-order valence-corrected chi connectivity index (χ4v) is 3.51. The number of rotatable bonds is 6. The molecule has 4 heteroatoms. The molecule has 0 amide bonds. The van der Waals surface area contributed by atoms with Crippen LogP contribution in [0.3, 0.4) is 0 Å². The van der Waals surface area contributed by atoms with Gasteiger partial charge in [-0.2, -0.15) is 0 Å². The van der Waals surface area contributed by atoms with Gasteiger partial charge in [0.2, 0.25) is 0 Å². The fraction of sp³-hybridized carbons (Fsp3) is 0.400. The maximum atomic E-state index is 6.47. The second-order valence-electron chi connectivity index (χ2n) is 6.31. The van der Waals surface area contributed by atoms with E-state index in [1.165, 1.54) is 16.7 Å². The molecule has 1 atom stereocenters. The largest absolute Gasteiger partial charge is 0.379 e. The summed E-state index contributed by atoms with van der Waals surface area (Å²) < 4.78 is 5.51. The number of aryl methyl sites for hydroxylation is 1. The summed E-state index contributed by atoms with van der Waals surface area (Å²) in [6, 6.07) is 17.1. The van der Waals surface area contributed by atoms with Crippen molar-refractivity contribution in [2.24, 2.45) is 0 Å². The van der Waals surface area contributed by atoms with Crippen molar-refractivity contribution in [2.75, 3.05) is 32.8 Å². The molecule has 0 saturated carbocycles. The van der Waals surface area contributed by atoms with Gasteiger partial charge >= 0.3 is 0 Å². The van der Waals surface area contributed by atoms with E-state index < -0.39 is 0 Å². The van der Waals surface area contributed by atoms with Crippen molar-refractivity contribution < 1.29 is 4.74 Å². The van der Waals surface area contributed by atoms with Crippen LogP contribution in [0.1, 0.15) is 22.7 Å². The second-order valence-corrected chi connectivity index (χ2v) is 6.71. The molecule has 1 heterocycles. The summed E-state index contributed by atoms with van der Waals surface area (Å²) >= 11 is 6.47. The van der Waals surface area contributed by atoms with Gasteiger partial charge in [0.1, 0.15) is 0 Å². The van der Waals surface area contributed by atoms with E-state index in [1.807, 2.05) is 12.1 Å². The van der Waals surface area contributed by atoms with Gasteiger partial charge in [0, 0.05) is 37.2 Å². The quantitative estimate of drug-likeness (QED) is 0.862. The van der Waals surface area contributed by atoms with Crippen LogP contribution in [-0.2, 0) is 11.3 Å². The SMILES string of the molecule is Cc1cccc(CNCC(c2ccccc2Cl)N2CCOCC2)c1. The summed E-state index contributed by atoms with van der Waals surface area (Å²) in [5.74, 6) is 0. The molecular weight excluding hydrogens is 320 g/mol. The fourth-order valence-electron chi connectivity index (χ4n) is 3.25. The van der Waals surface area contributed by atoms with Gasteiger partial charge in [0.05, 0.1) is 13.2 Å². The molecular formula is C20H25ClN2O. The average molecular weight is 345 g/mol. The zero-order chi connectivity index (χ0) is 16.8. The lowest BCUT2D eigenvalue weighted by atomic mass is 10.0. The number of morpholine rings is 1. The first kappa shape index (κ1) is 17.4. The van der Waals surface area contributed by atoms with E-state index >= 15 is 0 Å². The van der Waals surface area contributed by atoms with E-state index in [4.69, 9.17) is 16.3 Å². The second kappa shape index (κ2) is 8.63. The van der Waals surface area contributed by atoms with E-state index in [9.17, 15) is 0 Å². The summed E-state index contributed by atoms with van der Waals surface area (Å²) in [6.07, 6.45) is 0. The maximum absolute atomic E-state index is 6.47. The molecule has 3 nitrogen and oxygen atoms in total. The molecule has 0 radical (unpaired) electrons. The third-order valence-corrected chi connectivity index (χ3v) is 4.84. The third-order valence-electron chi connectivity index (χ3n) is 4.50. The zero-order valence-corrected chi connectivity index (χ0v) is 14.9. The Hall–Kier alpha value is -1.39. The highest BCUT2D eigenvalue weighted by atomic mass is 35.5. The third kappa shape index (κ3) is 4.58. The summed E-state index contributed by atoms with van der Waals surface area (Å²) in [6.45, 7) is 7.34. The van der Waals surface area contributed by atoms with Crippen LogP contribution in [0, 0.1) is 6.92 Å². The lowest BCUT2D eigenvalue weighted by Crippen LogP contribution is -2.42. The molecule has 0 aromatic heterocycles. The minimum absolute atomic E-state index is 0.271. The zero-order valence-electron chi connectivity index (χ0n) is 14.2. The Morgan fingerprint density at radius 2 is 1.92 bits per heavy atom. The Labute approximate surface area is 149 Å². The van der Waals surface area contributed by atoms with Crippen LogP contribution in [-0.4, -0.2) is 37.7 Å². The van der Waals surface area contributed by atoms with E-state index in [0.29, 0.717) is 0 Å². The molecule has 0 aliphatic carbocycles. The molecule has 0 spiro atoms. The van der Waals surface area contributed by atoms with E-state index in [1.54, 1.807) is 0 Å². The molecule has 3 rings (SSSR count). The highest BCUT2D eigenvalue weighted by molar-refractivity contribution is 6.31. The summed E-state index contributed by atoms with van der Waals surface area (Å²) in [4.78, 5) is 2.47. The van der Waals surface area contributed by atoms with Crippen LogP contribution < -0.4 is 5.32 Å². The van der Waals surface area contributed by atoms with Gasteiger partial charge in [0.15, 0.2) is 0 Å². The van der Waals surface area contributed by atoms with Gasteiger partial charge in [-0.1, -0.05) is 59.6 Å². The number of hydrogen-bond acceptors (Lipinski definition) is 3. The average Bonchev–Trinajstić information content (AvgIpc) is 2.61. The van der Waals surface area contributed by atoms with Crippen LogP contribution >= 0.6 is 11.6 Å². The molecule has 2 aromatic carbocycles. The Balaban J connectivity index is 1.69. The molecule has 1 saturated heterocycles. The number of halogens is 1. The smallest absolute Gasteiger partial charge is 0.0594 e. The Morgan fingerprint density at radius 1 is 1.12 bits per heavy atom. The lowest BCUT2D eigenvalue weighted by Gasteiger charge is -2.35. The standard InChI is InChI=1S/C20H25ClN2O/c1-16-5-4-6-17(13-16)14-22-15-20(23-9-11-24-12-10-23)18-7-2-3-8-19(18)21/h2-8,13,20,22H,9-12,14-15H2,1H3. The van der Waals surface area contributed by atoms with Crippen molar-refractivity contribution in [3.8, 4) is 0 Å². The van der Waals surface area contributed by atoms with E-state index in [2.05, 4.69) is 53.5 Å². The molecule has 1 unspecified atom stereocenters. The number of benzene rings is 2. The predicted molar refractivity (Wildman–Crippen MR) is 99.5 cm³/mol. The van der Waals surface area contributed by atoms with Crippen molar-refractivity contribution in [1.29, 1.82) is 0 Å². The molecule has 1 aliphatic heterocycles. The minimum Gasteiger partial charge on any atom is -0.379 e. The summed E-state index contributed by atoms with van der Waals surface area (Å²) in [5.41, 5.74) is 3.80. The van der Waals surface area contributed by atoms with Crippen LogP contribution in [0.2, 0.25) is 5.02 Å². The van der Waals surface area contributed by atoms with Crippen molar-refractivity contribution in [2.45, 2.75) is 19.5 Å². The van der Waals surface area contributed by atoms with Crippen molar-refractivity contribution in [3.63, 3.8) is 0 Å². The molecule has 1 fully saturated rings. The predicted octanol–water partition coefficient (Wildman–Crippen LogP) is 3.81. The van der Waals surface area contributed by atoms with Crippen LogP contribution in [0.4, 0.5) is 0 Å². The monoisotopic (exact) mass is 344 g/mol. The van der Waals surface area contributed by atoms with Crippen molar-refractivity contribution in [1.82, 2.24) is 10.2 Å². The number of hydrogen-bond donors (Lipinski definition) is 1. The first-order valence-electron chi connectivity index (χ1n) is 8.56. The summed E-state index contributed by atoms with van der Waals surface area (Å²) in [5, 5.41) is 4.45. The first-order valence-corrected chi connectivity index (χ1v) is 8.94. The van der Waals surface area contributed by atoms with Crippen LogP contribution in [0.25, 0.3) is 0 Å². The molecule has 0 bridgehead atoms. The van der Waals surface area contributed by atoms with Gasteiger partial charge in [-0.15, -0.1) is 0 Å². The van der Waals surface area contributed by atoms with Gasteiger partial charge < -0.3 is 10.1 Å². The molecule has 2 aromatic rings. The van der Waals surface area contributed by atoms with E-state index in [-0.39, 0.29) is 6.04 Å². The summed E-state index contributed by atoms with van der Waals surface area (Å²) in [7, 11) is 0. The van der Waals surface area contributed by atoms with Gasteiger partial charge in [-0.25, -0.2) is 0 Å². The molecule has 1 N–H and O–H groups in total. The highest BCUT2D eigenvalue weighted by Crippen LogP contribution is 2.27. The van der Waals surface area contributed by atoms with Gasteiger partial charge in [-0.3, -0.25) is 4.90 Å². The Kier molecular flexibility index (Phi) is 6.27. The Morgan fingerprint density at radius 3 is 2.67 bits per heavy atom. The van der Waals surface area contributed by atoms with Gasteiger partial charge in [-0.05, 0) is 24.1 Å². The lowest BCUT2D eigenvalue weighted by molar-refractivity contribution is 0.0161. The topological polar surface area (TPSA) is 24.5 Å². The normalized spacial score (nSPS) is 16.9. The van der Waals surface area contributed by atoms with E-state index in [0.717, 1.165) is 44.4 Å². The van der Waals surface area contributed by atoms with Crippen LogP contribution in [0.5, 0.6) is 0 Å². The van der Waals surface area contributed by atoms with Crippen molar-refractivity contribution in [3.05, 3.63) is 70.2 Å². The maximum Gasteiger partial charge on any atom is 0.0594 e. The molecule has 24 heavy (non-hydrogen) atoms.